The van der Waals surface area contributed by atoms with Crippen molar-refractivity contribution in [1.82, 2.24) is 0 Å². The molecule has 0 unspecified atom stereocenters. The molecular formula is C8H10O. The highest BCUT2D eigenvalue weighted by Gasteiger charge is 2.09. The lowest BCUT2D eigenvalue weighted by Gasteiger charge is -2.11. The Balaban J connectivity index is 2.71. The summed E-state index contributed by atoms with van der Waals surface area (Å²) in [6, 6.07) is 0. The summed E-state index contributed by atoms with van der Waals surface area (Å²) >= 11 is 0. The molecule has 1 heteroatoms. The Labute approximate surface area is 55.1 Å². The fraction of sp³-hybridized carbons (Fsp3) is 0.500. The van der Waals surface area contributed by atoms with Gasteiger partial charge < -0.3 is 0 Å². The molecule has 1 aliphatic rings. The predicted octanol–water partition coefficient (Wildman–Crippen LogP) is 1.87. The molecule has 1 fully saturated rings. The number of hydrogen-bond acceptors (Lipinski definition) is 1. The Kier molecular flexibility index (Phi) is 1.86. The van der Waals surface area contributed by atoms with Gasteiger partial charge in [-0.3, -0.25) is 0 Å². The van der Waals surface area contributed by atoms with Gasteiger partial charge in [-0.25, -0.2) is 4.79 Å². The van der Waals surface area contributed by atoms with Gasteiger partial charge in [0.2, 0.25) is 0 Å². The molecule has 1 nitrogen and oxygen atoms in total. The highest BCUT2D eigenvalue weighted by Crippen LogP contribution is 2.24. The van der Waals surface area contributed by atoms with Crippen LogP contribution in [0, 0.1) is 0 Å². The summed E-state index contributed by atoms with van der Waals surface area (Å²) in [6.07, 6.45) is 4.19. The predicted molar refractivity (Wildman–Crippen MR) is 36.8 cm³/mol. The summed E-state index contributed by atoms with van der Waals surface area (Å²) in [4.78, 5) is 10.1. The van der Waals surface area contributed by atoms with Gasteiger partial charge in [0.1, 0.15) is 5.94 Å². The minimum absolute atomic E-state index is 0.807. The minimum atomic E-state index is 0.807. The monoisotopic (exact) mass is 122 g/mol. The van der Waals surface area contributed by atoms with E-state index in [0.29, 0.717) is 0 Å². The molecule has 0 aromatic carbocycles. The summed E-state index contributed by atoms with van der Waals surface area (Å²) in [5, 5.41) is 0. The number of carbonyl (C=O) groups excluding carboxylic acids is 1. The van der Waals surface area contributed by atoms with E-state index in [0.717, 1.165) is 30.4 Å². The Hall–Kier alpha value is -0.810. The van der Waals surface area contributed by atoms with E-state index in [4.69, 9.17) is 0 Å². The van der Waals surface area contributed by atoms with Crippen molar-refractivity contribution in [3.05, 3.63) is 17.7 Å². The van der Waals surface area contributed by atoms with Crippen LogP contribution in [0.2, 0.25) is 0 Å². The zero-order valence-corrected chi connectivity index (χ0v) is 5.44. The smallest absolute Gasteiger partial charge is 0.128 e. The lowest BCUT2D eigenvalue weighted by molar-refractivity contribution is 0.563. The van der Waals surface area contributed by atoms with Gasteiger partial charge in [-0.15, -0.1) is 0 Å². The van der Waals surface area contributed by atoms with E-state index >= 15 is 0 Å². The van der Waals surface area contributed by atoms with E-state index in [1.807, 2.05) is 5.94 Å². The van der Waals surface area contributed by atoms with Gasteiger partial charge in [-0.05, 0) is 31.3 Å². The first-order chi connectivity index (χ1) is 4.34. The molecule has 0 aromatic rings. The van der Waals surface area contributed by atoms with Gasteiger partial charge in [-0.2, -0.15) is 0 Å². The molecule has 0 bridgehead atoms. The van der Waals surface area contributed by atoms with Crippen molar-refractivity contribution in [1.29, 1.82) is 0 Å². The van der Waals surface area contributed by atoms with Gasteiger partial charge in [0.05, 0.1) is 0 Å². The molecule has 9 heavy (non-hydrogen) atoms. The molecule has 1 rings (SSSR count). The normalized spacial score (nSPS) is 19.6. The molecule has 1 saturated carbocycles. The Morgan fingerprint density at radius 1 is 1.33 bits per heavy atom. The molecular weight excluding hydrogens is 112 g/mol. The average Bonchev–Trinajstić information content (AvgIpc) is 1.89. The van der Waals surface area contributed by atoms with Crippen LogP contribution in [0.4, 0.5) is 0 Å². The summed E-state index contributed by atoms with van der Waals surface area (Å²) in [5.74, 6) is 1.92. The van der Waals surface area contributed by atoms with Crippen molar-refractivity contribution < 1.29 is 4.79 Å². The lowest BCUT2D eigenvalue weighted by Crippen LogP contribution is -1.97. The summed E-state index contributed by atoms with van der Waals surface area (Å²) < 4.78 is 0. The van der Waals surface area contributed by atoms with Crippen molar-refractivity contribution in [3.8, 4) is 0 Å². The van der Waals surface area contributed by atoms with Crippen LogP contribution in [0.3, 0.4) is 0 Å². The van der Waals surface area contributed by atoms with Crippen molar-refractivity contribution in [2.24, 2.45) is 0 Å². The number of allylic oxidation sites excluding steroid dienone is 2. The standard InChI is InChI=1S/C8H10O/c1-7-4-2-3-5-8(7)6-9/h1-5H2. The molecule has 0 amide bonds. The van der Waals surface area contributed by atoms with Crippen molar-refractivity contribution in [3.63, 3.8) is 0 Å². The second-order valence-electron chi connectivity index (χ2n) is 2.39. The SMILES string of the molecule is C=C1CCCCC1=C=O. The first-order valence-electron chi connectivity index (χ1n) is 3.26. The maximum absolute atomic E-state index is 10.1. The van der Waals surface area contributed by atoms with E-state index in [2.05, 4.69) is 6.58 Å². The second kappa shape index (κ2) is 2.65. The van der Waals surface area contributed by atoms with Crippen LogP contribution in [-0.2, 0) is 4.79 Å². The van der Waals surface area contributed by atoms with E-state index in [1.165, 1.54) is 6.42 Å². The summed E-state index contributed by atoms with van der Waals surface area (Å²) in [7, 11) is 0. The third-order valence-corrected chi connectivity index (χ3v) is 1.71. The molecule has 0 N–H and O–H groups in total. The molecule has 0 radical (unpaired) electrons. The Bertz CT molecular complexity index is 173. The Morgan fingerprint density at radius 3 is 2.44 bits per heavy atom. The summed E-state index contributed by atoms with van der Waals surface area (Å²) in [6.45, 7) is 3.77. The topological polar surface area (TPSA) is 17.1 Å². The van der Waals surface area contributed by atoms with Crippen molar-refractivity contribution in [2.45, 2.75) is 25.7 Å². The van der Waals surface area contributed by atoms with Crippen molar-refractivity contribution >= 4 is 5.94 Å². The van der Waals surface area contributed by atoms with Crippen LogP contribution in [0.25, 0.3) is 0 Å². The maximum atomic E-state index is 10.1. The minimum Gasteiger partial charge on any atom is -0.233 e. The van der Waals surface area contributed by atoms with E-state index in [9.17, 15) is 4.79 Å². The first kappa shape index (κ1) is 6.31. The molecule has 0 aromatic heterocycles. The van der Waals surface area contributed by atoms with E-state index in [1.54, 1.807) is 0 Å². The first-order valence-corrected chi connectivity index (χ1v) is 3.26. The van der Waals surface area contributed by atoms with Crippen LogP contribution in [0.15, 0.2) is 17.7 Å². The Morgan fingerprint density at radius 2 is 2.00 bits per heavy atom. The zero-order valence-electron chi connectivity index (χ0n) is 5.44. The number of rotatable bonds is 0. The molecule has 0 spiro atoms. The highest BCUT2D eigenvalue weighted by molar-refractivity contribution is 5.60. The van der Waals surface area contributed by atoms with Crippen LogP contribution in [0.1, 0.15) is 25.7 Å². The largest absolute Gasteiger partial charge is 0.233 e. The van der Waals surface area contributed by atoms with Crippen LogP contribution in [0.5, 0.6) is 0 Å². The molecule has 0 atom stereocenters. The third-order valence-electron chi connectivity index (χ3n) is 1.71. The molecule has 1 aliphatic carbocycles. The lowest BCUT2D eigenvalue weighted by atomic mass is 9.92. The maximum Gasteiger partial charge on any atom is 0.128 e. The van der Waals surface area contributed by atoms with Gasteiger partial charge in [0.15, 0.2) is 0 Å². The fourth-order valence-corrected chi connectivity index (χ4v) is 1.09. The third kappa shape index (κ3) is 1.30. The van der Waals surface area contributed by atoms with Crippen LogP contribution >= 0.6 is 0 Å². The van der Waals surface area contributed by atoms with Gasteiger partial charge in [0, 0.05) is 5.57 Å². The van der Waals surface area contributed by atoms with Gasteiger partial charge in [-0.1, -0.05) is 6.58 Å². The van der Waals surface area contributed by atoms with Gasteiger partial charge >= 0.3 is 0 Å². The number of hydrogen-bond donors (Lipinski definition) is 0. The molecule has 0 aliphatic heterocycles. The van der Waals surface area contributed by atoms with Crippen molar-refractivity contribution in [2.75, 3.05) is 0 Å². The highest BCUT2D eigenvalue weighted by atomic mass is 16.1. The second-order valence-corrected chi connectivity index (χ2v) is 2.39. The van der Waals surface area contributed by atoms with Crippen LogP contribution < -0.4 is 0 Å². The van der Waals surface area contributed by atoms with Gasteiger partial charge in [0.25, 0.3) is 0 Å². The van der Waals surface area contributed by atoms with Crippen LogP contribution in [-0.4, -0.2) is 5.94 Å². The fourth-order valence-electron chi connectivity index (χ4n) is 1.09. The van der Waals surface area contributed by atoms with E-state index in [-0.39, 0.29) is 0 Å². The van der Waals surface area contributed by atoms with E-state index < -0.39 is 0 Å². The molecule has 48 valence electrons. The quantitative estimate of drug-likeness (QED) is 0.448. The molecule has 0 saturated heterocycles. The summed E-state index contributed by atoms with van der Waals surface area (Å²) in [5.41, 5.74) is 1.80. The zero-order chi connectivity index (χ0) is 6.69. The average molecular weight is 122 g/mol. The molecule has 0 heterocycles.